The number of hydrogen-bond donors (Lipinski definition) is 2. The molecule has 1 aliphatic carbocycles. The summed E-state index contributed by atoms with van der Waals surface area (Å²) in [5.41, 5.74) is 2.54. The van der Waals surface area contributed by atoms with Gasteiger partial charge in [0.2, 0.25) is 5.91 Å². The highest BCUT2D eigenvalue weighted by Crippen LogP contribution is 2.47. The minimum Gasteiger partial charge on any atom is -0.467 e. The molecule has 1 aliphatic rings. The molecule has 0 radical (unpaired) electrons. The van der Waals surface area contributed by atoms with E-state index < -0.39 is 6.10 Å². The van der Waals surface area contributed by atoms with Crippen LogP contribution in [0.3, 0.4) is 0 Å². The van der Waals surface area contributed by atoms with Crippen LogP contribution < -0.4 is 5.32 Å². The van der Waals surface area contributed by atoms with Crippen LogP contribution in [0.15, 0.2) is 47.1 Å². The van der Waals surface area contributed by atoms with Crippen molar-refractivity contribution in [1.29, 1.82) is 0 Å². The van der Waals surface area contributed by atoms with E-state index in [1.807, 2.05) is 0 Å². The normalized spacial score (nSPS) is 21.2. The van der Waals surface area contributed by atoms with Crippen molar-refractivity contribution in [1.82, 2.24) is 5.32 Å². The molecule has 3 rings (SSSR count). The van der Waals surface area contributed by atoms with Crippen LogP contribution in [0, 0.1) is 5.92 Å². The number of aliphatic hydroxyl groups excluding tert-OH is 1. The van der Waals surface area contributed by atoms with Gasteiger partial charge >= 0.3 is 0 Å². The Morgan fingerprint density at radius 2 is 2.04 bits per heavy atom. The highest BCUT2D eigenvalue weighted by atomic mass is 16.4. The van der Waals surface area contributed by atoms with Gasteiger partial charge in [0.25, 0.3) is 0 Å². The lowest BCUT2D eigenvalue weighted by Gasteiger charge is -2.10. The second kappa shape index (κ2) is 6.59. The Morgan fingerprint density at radius 3 is 2.65 bits per heavy atom. The van der Waals surface area contributed by atoms with Crippen molar-refractivity contribution in [3.05, 3.63) is 59.5 Å². The molecule has 3 atom stereocenters. The fourth-order valence-electron chi connectivity index (χ4n) is 2.89. The summed E-state index contributed by atoms with van der Waals surface area (Å²) in [5.74, 6) is 1.32. The maximum absolute atomic E-state index is 12.2. The van der Waals surface area contributed by atoms with Gasteiger partial charge in [0, 0.05) is 5.92 Å². The second-order valence-corrected chi connectivity index (χ2v) is 6.55. The van der Waals surface area contributed by atoms with Crippen molar-refractivity contribution in [3.8, 4) is 0 Å². The summed E-state index contributed by atoms with van der Waals surface area (Å²) in [6.07, 6.45) is 1.60. The molecule has 1 aromatic carbocycles. The minimum atomic E-state index is -0.795. The van der Waals surface area contributed by atoms with Crippen molar-refractivity contribution >= 4 is 5.91 Å². The van der Waals surface area contributed by atoms with Crippen LogP contribution in [0.1, 0.15) is 55.1 Å². The van der Waals surface area contributed by atoms with Crippen molar-refractivity contribution in [2.75, 3.05) is 6.54 Å². The molecule has 0 bridgehead atoms. The highest BCUT2D eigenvalue weighted by Gasteiger charge is 2.43. The highest BCUT2D eigenvalue weighted by molar-refractivity contribution is 5.82. The lowest BCUT2D eigenvalue weighted by Crippen LogP contribution is -2.29. The maximum atomic E-state index is 12.2. The summed E-state index contributed by atoms with van der Waals surface area (Å²) in [6, 6.07) is 12.0. The van der Waals surface area contributed by atoms with E-state index in [1.165, 1.54) is 17.4 Å². The van der Waals surface area contributed by atoms with Gasteiger partial charge in [0.1, 0.15) is 11.9 Å². The molecule has 4 nitrogen and oxygen atoms in total. The minimum absolute atomic E-state index is 0.00791. The van der Waals surface area contributed by atoms with E-state index in [4.69, 9.17) is 4.42 Å². The third kappa shape index (κ3) is 3.64. The zero-order chi connectivity index (χ0) is 16.4. The Labute approximate surface area is 136 Å². The van der Waals surface area contributed by atoms with Gasteiger partial charge in [0.05, 0.1) is 12.8 Å². The van der Waals surface area contributed by atoms with Crippen molar-refractivity contribution < 1.29 is 14.3 Å². The Hall–Kier alpha value is -2.07. The average Bonchev–Trinajstić information content (AvgIpc) is 3.17. The van der Waals surface area contributed by atoms with Gasteiger partial charge in [-0.15, -0.1) is 0 Å². The molecule has 1 fully saturated rings. The third-order valence-electron chi connectivity index (χ3n) is 4.50. The van der Waals surface area contributed by atoms with Crippen LogP contribution in [0.25, 0.3) is 0 Å². The van der Waals surface area contributed by atoms with Gasteiger partial charge in [-0.05, 0) is 41.5 Å². The van der Waals surface area contributed by atoms with E-state index >= 15 is 0 Å². The topological polar surface area (TPSA) is 62.5 Å². The average molecular weight is 313 g/mol. The molecule has 2 aromatic rings. The molecular weight excluding hydrogens is 290 g/mol. The third-order valence-corrected chi connectivity index (χ3v) is 4.50. The van der Waals surface area contributed by atoms with Crippen LogP contribution >= 0.6 is 0 Å². The predicted octanol–water partition coefficient (Wildman–Crippen LogP) is 3.36. The first kappa shape index (κ1) is 15.8. The summed E-state index contributed by atoms with van der Waals surface area (Å²) in [7, 11) is 0. The number of carbonyl (C=O) groups is 1. The smallest absolute Gasteiger partial charge is 0.223 e. The molecule has 122 valence electrons. The van der Waals surface area contributed by atoms with Crippen LogP contribution in [-0.4, -0.2) is 17.6 Å². The van der Waals surface area contributed by atoms with Gasteiger partial charge in [-0.25, -0.2) is 0 Å². The van der Waals surface area contributed by atoms with E-state index in [0.717, 1.165) is 6.42 Å². The number of hydrogen-bond acceptors (Lipinski definition) is 3. The van der Waals surface area contributed by atoms with Crippen molar-refractivity contribution in [2.45, 2.75) is 38.2 Å². The zero-order valence-electron chi connectivity index (χ0n) is 13.5. The SMILES string of the molecule is CC(C)c1ccc(C2CC2C(=O)NCC(O)c2ccco2)cc1. The lowest BCUT2D eigenvalue weighted by atomic mass is 10.00. The van der Waals surface area contributed by atoms with Crippen LogP contribution in [-0.2, 0) is 4.79 Å². The van der Waals surface area contributed by atoms with Gasteiger partial charge in [0.15, 0.2) is 0 Å². The number of aliphatic hydroxyl groups is 1. The van der Waals surface area contributed by atoms with Gasteiger partial charge in [-0.3, -0.25) is 4.79 Å². The van der Waals surface area contributed by atoms with Gasteiger partial charge in [-0.2, -0.15) is 0 Å². The fraction of sp³-hybridized carbons (Fsp3) is 0.421. The standard InChI is InChI=1S/C19H23NO3/c1-12(2)13-5-7-14(8-6-13)15-10-16(15)19(22)20-11-17(21)18-4-3-9-23-18/h3-9,12,15-17,21H,10-11H2,1-2H3,(H,20,22). The van der Waals surface area contributed by atoms with E-state index in [0.29, 0.717) is 17.6 Å². The van der Waals surface area contributed by atoms with E-state index in [2.05, 4.69) is 43.4 Å². The van der Waals surface area contributed by atoms with Crippen molar-refractivity contribution in [3.63, 3.8) is 0 Å². The molecule has 0 aliphatic heterocycles. The summed E-state index contributed by atoms with van der Waals surface area (Å²) in [6.45, 7) is 4.53. The van der Waals surface area contributed by atoms with Gasteiger partial charge in [-0.1, -0.05) is 38.1 Å². The monoisotopic (exact) mass is 313 g/mol. The van der Waals surface area contributed by atoms with Gasteiger partial charge < -0.3 is 14.8 Å². The summed E-state index contributed by atoms with van der Waals surface area (Å²) < 4.78 is 5.12. The maximum Gasteiger partial charge on any atom is 0.223 e. The molecule has 1 amide bonds. The number of rotatable bonds is 6. The fourth-order valence-corrected chi connectivity index (χ4v) is 2.89. The number of amides is 1. The summed E-state index contributed by atoms with van der Waals surface area (Å²) in [4.78, 5) is 12.2. The molecule has 0 spiro atoms. The molecule has 4 heteroatoms. The molecule has 23 heavy (non-hydrogen) atoms. The Bertz CT molecular complexity index is 646. The zero-order valence-corrected chi connectivity index (χ0v) is 13.5. The first-order valence-corrected chi connectivity index (χ1v) is 8.15. The molecule has 1 saturated carbocycles. The Balaban J connectivity index is 1.50. The lowest BCUT2D eigenvalue weighted by molar-refractivity contribution is -0.122. The van der Waals surface area contributed by atoms with Crippen LogP contribution in [0.5, 0.6) is 0 Å². The van der Waals surface area contributed by atoms with Crippen LogP contribution in [0.2, 0.25) is 0 Å². The molecule has 0 saturated heterocycles. The first-order valence-electron chi connectivity index (χ1n) is 8.15. The van der Waals surface area contributed by atoms with E-state index in [1.54, 1.807) is 12.1 Å². The quantitative estimate of drug-likeness (QED) is 0.859. The predicted molar refractivity (Wildman–Crippen MR) is 88.1 cm³/mol. The largest absolute Gasteiger partial charge is 0.467 e. The molecular formula is C19H23NO3. The second-order valence-electron chi connectivity index (χ2n) is 6.55. The number of carbonyl (C=O) groups excluding carboxylic acids is 1. The molecule has 1 aromatic heterocycles. The first-order chi connectivity index (χ1) is 11.1. The van der Waals surface area contributed by atoms with E-state index in [-0.39, 0.29) is 18.4 Å². The molecule has 1 heterocycles. The van der Waals surface area contributed by atoms with Crippen molar-refractivity contribution in [2.24, 2.45) is 5.92 Å². The number of nitrogens with one attached hydrogen (secondary N) is 1. The Morgan fingerprint density at radius 1 is 1.30 bits per heavy atom. The number of benzene rings is 1. The van der Waals surface area contributed by atoms with E-state index in [9.17, 15) is 9.90 Å². The Kier molecular flexibility index (Phi) is 4.53. The molecule has 2 N–H and O–H groups in total. The summed E-state index contributed by atoms with van der Waals surface area (Å²) in [5, 5.41) is 12.7. The number of furan rings is 1. The van der Waals surface area contributed by atoms with Crippen LogP contribution in [0.4, 0.5) is 0 Å². The molecule has 3 unspecified atom stereocenters. The summed E-state index contributed by atoms with van der Waals surface area (Å²) >= 11 is 0.